The lowest BCUT2D eigenvalue weighted by Gasteiger charge is -2.32. The number of hydrogen-bond donors (Lipinski definition) is 2. The van der Waals surface area contributed by atoms with Crippen LogP contribution in [0.4, 0.5) is 5.82 Å². The van der Waals surface area contributed by atoms with Crippen molar-refractivity contribution in [2.75, 3.05) is 4.90 Å². The number of hydrogen-bond acceptors (Lipinski definition) is 8. The highest BCUT2D eigenvalue weighted by Crippen LogP contribution is 2.37. The molecule has 11 heteroatoms. The maximum Gasteiger partial charge on any atom is 0.498 e. The summed E-state index contributed by atoms with van der Waals surface area (Å²) in [4.78, 5) is 19.6. The second kappa shape index (κ2) is 11.3. The number of nitriles is 1. The third kappa shape index (κ3) is 5.42. The SMILES string of the molecule is CC.CC1(C)OB(c2cnn3ccc(C(=O)N(c4ccc(C#N)cn4)C4CC4)cc23)OC1(C)C.SS. The first kappa shape index (κ1) is 28.1. The van der Waals surface area contributed by atoms with Crippen LogP contribution in [0, 0.1) is 11.3 Å². The lowest BCUT2D eigenvalue weighted by atomic mass is 9.80. The van der Waals surface area contributed by atoms with Crippen molar-refractivity contribution in [3.8, 4) is 6.07 Å². The summed E-state index contributed by atoms with van der Waals surface area (Å²) < 4.78 is 14.1. The molecule has 1 aliphatic carbocycles. The average Bonchev–Trinajstić information content (AvgIpc) is 3.58. The summed E-state index contributed by atoms with van der Waals surface area (Å²) in [5.41, 5.74) is 1.61. The van der Waals surface area contributed by atoms with E-state index in [0.29, 0.717) is 16.9 Å². The van der Waals surface area contributed by atoms with Crippen LogP contribution in [0.1, 0.15) is 70.3 Å². The standard InChI is InChI=1S/C23H24BN5O3.C2H6.H2S2/c1-22(2)23(3,4)32-24(31-22)18-14-27-28-10-9-16(11-19(18)28)21(30)29(17-6-7-17)20-8-5-15(12-25)13-26-20;2*1-2/h5,8-11,13-14,17H,6-7H2,1-4H3;1-2H3;1-2H. The quantitative estimate of drug-likeness (QED) is 0.296. The van der Waals surface area contributed by atoms with Gasteiger partial charge in [0.2, 0.25) is 0 Å². The topological polar surface area (TPSA) is 92.8 Å². The Morgan fingerprint density at radius 3 is 2.31 bits per heavy atom. The Hall–Kier alpha value is -2.52. The number of amides is 1. The molecular formula is C25H32BN5O3S2. The first-order chi connectivity index (χ1) is 17.2. The molecule has 0 radical (unpaired) electrons. The zero-order chi connectivity index (χ0) is 26.7. The Morgan fingerprint density at radius 1 is 1.14 bits per heavy atom. The highest BCUT2D eigenvalue weighted by Gasteiger charge is 2.52. The molecule has 1 saturated heterocycles. The van der Waals surface area contributed by atoms with Gasteiger partial charge in [0.1, 0.15) is 11.9 Å². The van der Waals surface area contributed by atoms with Crippen molar-refractivity contribution < 1.29 is 14.1 Å². The maximum absolute atomic E-state index is 13.5. The Bertz CT molecular complexity index is 1240. The Balaban J connectivity index is 0.000000861. The van der Waals surface area contributed by atoms with Crippen molar-refractivity contribution in [1.82, 2.24) is 14.6 Å². The van der Waals surface area contributed by atoms with Gasteiger partial charge in [-0.2, -0.15) is 10.4 Å². The molecule has 2 aliphatic rings. The van der Waals surface area contributed by atoms with Gasteiger partial charge < -0.3 is 9.31 Å². The third-order valence-electron chi connectivity index (χ3n) is 6.56. The number of fused-ring (bicyclic) bond motifs is 1. The van der Waals surface area contributed by atoms with E-state index in [-0.39, 0.29) is 11.9 Å². The largest absolute Gasteiger partial charge is 0.498 e. The number of aromatic nitrogens is 3. The monoisotopic (exact) mass is 525 g/mol. The number of carbonyl (C=O) groups excluding carboxylic acids is 1. The second-order valence-electron chi connectivity index (χ2n) is 9.36. The van der Waals surface area contributed by atoms with Gasteiger partial charge in [-0.25, -0.2) is 9.50 Å². The number of carbonyl (C=O) groups is 1. The maximum atomic E-state index is 13.5. The third-order valence-corrected chi connectivity index (χ3v) is 6.56. The number of thiol groups is 2. The summed E-state index contributed by atoms with van der Waals surface area (Å²) in [6, 6.07) is 9.17. The van der Waals surface area contributed by atoms with E-state index in [1.54, 1.807) is 40.0 Å². The molecule has 0 atom stereocenters. The molecule has 0 N–H and O–H groups in total. The van der Waals surface area contributed by atoms with Gasteiger partial charge in [0.15, 0.2) is 0 Å². The van der Waals surface area contributed by atoms with Crippen molar-refractivity contribution in [2.24, 2.45) is 0 Å². The van der Waals surface area contributed by atoms with Crippen molar-refractivity contribution >= 4 is 53.1 Å². The lowest BCUT2D eigenvalue weighted by Crippen LogP contribution is -2.41. The number of rotatable bonds is 4. The van der Waals surface area contributed by atoms with E-state index in [1.165, 1.54) is 6.20 Å². The molecule has 1 aliphatic heterocycles. The molecule has 0 spiro atoms. The van der Waals surface area contributed by atoms with Crippen molar-refractivity contribution in [3.05, 3.63) is 54.0 Å². The van der Waals surface area contributed by atoms with Crippen molar-refractivity contribution in [1.29, 1.82) is 5.26 Å². The molecule has 0 bridgehead atoms. The van der Waals surface area contributed by atoms with Gasteiger partial charge in [-0.3, -0.25) is 9.69 Å². The molecule has 1 amide bonds. The van der Waals surface area contributed by atoms with Crippen LogP contribution in [0.3, 0.4) is 0 Å². The van der Waals surface area contributed by atoms with Gasteiger partial charge in [-0.05, 0) is 64.8 Å². The van der Waals surface area contributed by atoms with Gasteiger partial charge in [0, 0.05) is 35.7 Å². The minimum atomic E-state index is -0.567. The van der Waals surface area contributed by atoms with Crippen LogP contribution in [0.5, 0.6) is 0 Å². The molecule has 8 nitrogen and oxygen atoms in total. The summed E-state index contributed by atoms with van der Waals surface area (Å²) in [6.45, 7) is 12.0. The lowest BCUT2D eigenvalue weighted by molar-refractivity contribution is 0.00578. The van der Waals surface area contributed by atoms with Crippen LogP contribution >= 0.6 is 23.3 Å². The highest BCUT2D eigenvalue weighted by molar-refractivity contribution is 8.59. The molecule has 1 saturated carbocycles. The van der Waals surface area contributed by atoms with Crippen LogP contribution in [0.15, 0.2) is 42.9 Å². The molecule has 2 fully saturated rings. The predicted molar refractivity (Wildman–Crippen MR) is 149 cm³/mol. The molecule has 4 heterocycles. The summed E-state index contributed by atoms with van der Waals surface area (Å²) in [6.07, 6.45) is 6.86. The molecular weight excluding hydrogens is 493 g/mol. The first-order valence-corrected chi connectivity index (χ1v) is 13.5. The van der Waals surface area contributed by atoms with E-state index >= 15 is 0 Å². The molecule has 0 unspecified atom stereocenters. The molecule has 3 aromatic heterocycles. The minimum Gasteiger partial charge on any atom is -0.399 e. The Morgan fingerprint density at radius 2 is 1.78 bits per heavy atom. The van der Waals surface area contributed by atoms with E-state index in [1.807, 2.05) is 47.6 Å². The van der Waals surface area contributed by atoms with E-state index in [0.717, 1.165) is 23.8 Å². The van der Waals surface area contributed by atoms with Crippen molar-refractivity contribution in [2.45, 2.75) is 71.6 Å². The Labute approximate surface area is 223 Å². The van der Waals surface area contributed by atoms with E-state index in [9.17, 15) is 4.79 Å². The molecule has 190 valence electrons. The van der Waals surface area contributed by atoms with Crippen LogP contribution < -0.4 is 10.4 Å². The molecule has 36 heavy (non-hydrogen) atoms. The number of pyridine rings is 2. The van der Waals surface area contributed by atoms with Crippen molar-refractivity contribution in [3.63, 3.8) is 0 Å². The zero-order valence-corrected chi connectivity index (χ0v) is 23.3. The summed E-state index contributed by atoms with van der Waals surface area (Å²) in [5.74, 6) is 0.421. The van der Waals surface area contributed by atoms with Crippen LogP contribution in [0.25, 0.3) is 5.52 Å². The average molecular weight is 526 g/mol. The summed E-state index contributed by atoms with van der Waals surface area (Å²) >= 11 is 6.44. The van der Waals surface area contributed by atoms with E-state index in [4.69, 9.17) is 14.6 Å². The first-order valence-electron chi connectivity index (χ1n) is 11.9. The fourth-order valence-electron chi connectivity index (χ4n) is 3.81. The molecule has 3 aromatic rings. The molecule has 0 aromatic carbocycles. The summed E-state index contributed by atoms with van der Waals surface area (Å²) in [7, 11) is -0.567. The fourth-order valence-corrected chi connectivity index (χ4v) is 3.81. The van der Waals surface area contributed by atoms with Gasteiger partial charge in [0.05, 0.1) is 22.3 Å². The normalized spacial score (nSPS) is 17.4. The predicted octanol–water partition coefficient (Wildman–Crippen LogP) is 4.50. The van der Waals surface area contributed by atoms with Gasteiger partial charge in [-0.1, -0.05) is 13.8 Å². The highest BCUT2D eigenvalue weighted by atomic mass is 33.1. The Kier molecular flexibility index (Phi) is 8.78. The number of anilines is 1. The van der Waals surface area contributed by atoms with Crippen LogP contribution in [0.2, 0.25) is 0 Å². The summed E-state index contributed by atoms with van der Waals surface area (Å²) in [5, 5.41) is 13.5. The minimum absolute atomic E-state index is 0.117. The number of nitrogens with zero attached hydrogens (tertiary/aromatic N) is 5. The van der Waals surface area contributed by atoms with E-state index in [2.05, 4.69) is 39.5 Å². The second-order valence-corrected chi connectivity index (χ2v) is 9.36. The molecule has 5 rings (SSSR count). The van der Waals surface area contributed by atoms with Gasteiger partial charge in [0.25, 0.3) is 5.91 Å². The van der Waals surface area contributed by atoms with Gasteiger partial charge >= 0.3 is 7.12 Å². The van der Waals surface area contributed by atoms with E-state index < -0.39 is 18.3 Å². The fraction of sp³-hybridized carbons (Fsp3) is 0.440. The smallest absolute Gasteiger partial charge is 0.399 e. The van der Waals surface area contributed by atoms with Gasteiger partial charge in [-0.15, -0.1) is 23.3 Å². The van der Waals surface area contributed by atoms with Crippen LogP contribution in [-0.2, 0) is 9.31 Å². The van der Waals surface area contributed by atoms with Crippen LogP contribution in [-0.4, -0.2) is 44.9 Å². The zero-order valence-electron chi connectivity index (χ0n) is 21.5.